The van der Waals surface area contributed by atoms with Crippen molar-refractivity contribution in [2.75, 3.05) is 27.7 Å². The van der Waals surface area contributed by atoms with Gasteiger partial charge < -0.3 is 9.80 Å². The molecule has 0 aliphatic rings. The molecule has 0 aromatic carbocycles. The van der Waals surface area contributed by atoms with E-state index in [1.807, 2.05) is 20.8 Å². The highest BCUT2D eigenvalue weighted by Crippen LogP contribution is 2.20. The van der Waals surface area contributed by atoms with Crippen LogP contribution in [0, 0.1) is 5.41 Å². The van der Waals surface area contributed by atoms with E-state index in [2.05, 4.69) is 40.3 Å². The second-order valence-electron chi connectivity index (χ2n) is 8.00. The Morgan fingerprint density at radius 1 is 1.11 bits per heavy atom. The third-order valence-electron chi connectivity index (χ3n) is 3.16. The van der Waals surface area contributed by atoms with Crippen LogP contribution in [0.15, 0.2) is 0 Å². The fraction of sp³-hybridized carbons (Fsp3) is 0.938. The van der Waals surface area contributed by atoms with Crippen molar-refractivity contribution in [3.05, 3.63) is 0 Å². The second-order valence-corrected chi connectivity index (χ2v) is 8.00. The van der Waals surface area contributed by atoms with Crippen molar-refractivity contribution in [1.82, 2.24) is 5.32 Å². The van der Waals surface area contributed by atoms with Crippen molar-refractivity contribution in [1.29, 1.82) is 0 Å². The lowest BCUT2D eigenvalue weighted by Crippen LogP contribution is -2.45. The van der Waals surface area contributed by atoms with E-state index in [4.69, 9.17) is 0 Å². The van der Waals surface area contributed by atoms with Crippen LogP contribution in [0.2, 0.25) is 0 Å². The Morgan fingerprint density at radius 2 is 1.63 bits per heavy atom. The van der Waals surface area contributed by atoms with Crippen LogP contribution in [0.25, 0.3) is 0 Å². The SMILES string of the molecule is CC(C)N[C@@H](CCCC[N+](C)(C)C)C(=O)C(C)(C)C. The van der Waals surface area contributed by atoms with Crippen LogP contribution < -0.4 is 5.32 Å². The number of Topliss-reactive ketones (excluding diaryl/α,β-unsaturated/α-hetero) is 1. The standard InChI is InChI=1S/C16H35N2O/c1-13(2)17-14(15(19)16(3,4)5)11-9-10-12-18(6,7)8/h13-14,17H,9-12H2,1-8H3/q+1/t14-/m0/s1. The molecule has 0 aromatic rings. The lowest BCUT2D eigenvalue weighted by molar-refractivity contribution is -0.870. The van der Waals surface area contributed by atoms with E-state index < -0.39 is 0 Å². The number of unbranched alkanes of at least 4 members (excludes halogenated alkanes) is 1. The number of hydrogen-bond donors (Lipinski definition) is 1. The summed E-state index contributed by atoms with van der Waals surface area (Å²) in [4.78, 5) is 12.4. The molecule has 0 amide bonds. The summed E-state index contributed by atoms with van der Waals surface area (Å²) in [6.07, 6.45) is 3.24. The average molecular weight is 271 g/mol. The number of hydrogen-bond acceptors (Lipinski definition) is 2. The van der Waals surface area contributed by atoms with E-state index in [-0.39, 0.29) is 11.5 Å². The van der Waals surface area contributed by atoms with E-state index in [9.17, 15) is 4.79 Å². The quantitative estimate of drug-likeness (QED) is 0.543. The van der Waals surface area contributed by atoms with Crippen molar-refractivity contribution >= 4 is 5.78 Å². The molecule has 0 aliphatic heterocycles. The molecule has 1 atom stereocenters. The van der Waals surface area contributed by atoms with Gasteiger partial charge in [-0.15, -0.1) is 0 Å². The predicted octanol–water partition coefficient (Wildman–Crippen LogP) is 2.84. The Morgan fingerprint density at radius 3 is 2.00 bits per heavy atom. The van der Waals surface area contributed by atoms with Crippen molar-refractivity contribution < 1.29 is 9.28 Å². The fourth-order valence-corrected chi connectivity index (χ4v) is 2.15. The average Bonchev–Trinajstić information content (AvgIpc) is 2.18. The zero-order valence-corrected chi connectivity index (χ0v) is 14.3. The zero-order chi connectivity index (χ0) is 15.3. The first-order valence-electron chi connectivity index (χ1n) is 7.54. The number of quaternary nitrogens is 1. The van der Waals surface area contributed by atoms with Crippen LogP contribution in [0.1, 0.15) is 53.9 Å². The van der Waals surface area contributed by atoms with Gasteiger partial charge in [0.25, 0.3) is 0 Å². The van der Waals surface area contributed by atoms with Crippen molar-refractivity contribution in [2.24, 2.45) is 5.41 Å². The van der Waals surface area contributed by atoms with Crippen LogP contribution in [0.4, 0.5) is 0 Å². The van der Waals surface area contributed by atoms with E-state index >= 15 is 0 Å². The van der Waals surface area contributed by atoms with Crippen LogP contribution in [0.5, 0.6) is 0 Å². The van der Waals surface area contributed by atoms with Gasteiger partial charge in [-0.2, -0.15) is 0 Å². The molecule has 0 saturated carbocycles. The molecule has 0 heterocycles. The van der Waals surface area contributed by atoms with Crippen LogP contribution >= 0.6 is 0 Å². The first kappa shape index (κ1) is 18.6. The highest BCUT2D eigenvalue weighted by molar-refractivity contribution is 5.88. The van der Waals surface area contributed by atoms with Gasteiger partial charge in [-0.25, -0.2) is 0 Å². The van der Waals surface area contributed by atoms with Crippen LogP contribution in [-0.4, -0.2) is 50.0 Å². The van der Waals surface area contributed by atoms with Gasteiger partial charge in [-0.1, -0.05) is 34.6 Å². The van der Waals surface area contributed by atoms with Gasteiger partial charge >= 0.3 is 0 Å². The van der Waals surface area contributed by atoms with Crippen molar-refractivity contribution in [3.63, 3.8) is 0 Å². The molecule has 0 fully saturated rings. The van der Waals surface area contributed by atoms with Gasteiger partial charge in [0.05, 0.1) is 33.7 Å². The highest BCUT2D eigenvalue weighted by atomic mass is 16.1. The largest absolute Gasteiger partial charge is 0.331 e. The Bertz CT molecular complexity index is 271. The number of carbonyl (C=O) groups excluding carboxylic acids is 1. The highest BCUT2D eigenvalue weighted by Gasteiger charge is 2.29. The van der Waals surface area contributed by atoms with E-state index in [1.165, 1.54) is 6.42 Å². The van der Waals surface area contributed by atoms with Gasteiger partial charge in [0.2, 0.25) is 0 Å². The van der Waals surface area contributed by atoms with Crippen molar-refractivity contribution in [3.8, 4) is 0 Å². The third kappa shape index (κ3) is 9.17. The Hall–Kier alpha value is -0.410. The molecule has 3 heteroatoms. The molecular formula is C16H35N2O+. The summed E-state index contributed by atoms with van der Waals surface area (Å²) in [6, 6.07) is 0.363. The maximum atomic E-state index is 12.4. The molecule has 1 N–H and O–H groups in total. The number of rotatable bonds is 8. The summed E-state index contributed by atoms with van der Waals surface area (Å²) >= 11 is 0. The summed E-state index contributed by atoms with van der Waals surface area (Å²) in [5.74, 6) is 0.339. The smallest absolute Gasteiger partial charge is 0.155 e. The number of carbonyl (C=O) groups is 1. The molecule has 0 unspecified atom stereocenters. The summed E-state index contributed by atoms with van der Waals surface area (Å²) in [5.41, 5.74) is -0.257. The molecule has 0 spiro atoms. The monoisotopic (exact) mass is 271 g/mol. The lowest BCUT2D eigenvalue weighted by Gasteiger charge is -2.28. The number of ketones is 1. The minimum Gasteiger partial charge on any atom is -0.331 e. The van der Waals surface area contributed by atoms with Gasteiger partial charge in [0.1, 0.15) is 0 Å². The molecular weight excluding hydrogens is 236 g/mol. The van der Waals surface area contributed by atoms with Crippen LogP contribution in [0.3, 0.4) is 0 Å². The third-order valence-corrected chi connectivity index (χ3v) is 3.16. The Balaban J connectivity index is 4.34. The van der Waals surface area contributed by atoms with E-state index in [0.29, 0.717) is 11.8 Å². The Labute approximate surface area is 120 Å². The van der Waals surface area contributed by atoms with Gasteiger partial charge in [-0.3, -0.25) is 4.79 Å². The second kappa shape index (κ2) is 7.39. The molecule has 114 valence electrons. The van der Waals surface area contributed by atoms with E-state index in [0.717, 1.165) is 23.9 Å². The molecule has 0 rings (SSSR count). The number of nitrogens with zero attached hydrogens (tertiary/aromatic N) is 1. The summed E-state index contributed by atoms with van der Waals surface area (Å²) < 4.78 is 0.996. The molecule has 0 aliphatic carbocycles. The molecule has 19 heavy (non-hydrogen) atoms. The normalized spacial score (nSPS) is 14.8. The minimum atomic E-state index is -0.257. The summed E-state index contributed by atoms with van der Waals surface area (Å²) in [7, 11) is 6.64. The molecule has 0 saturated heterocycles. The molecule has 0 radical (unpaired) electrons. The van der Waals surface area contributed by atoms with E-state index in [1.54, 1.807) is 0 Å². The summed E-state index contributed by atoms with van der Waals surface area (Å²) in [5, 5.41) is 3.43. The molecule has 0 bridgehead atoms. The number of nitrogens with one attached hydrogen (secondary N) is 1. The van der Waals surface area contributed by atoms with Gasteiger partial charge in [0, 0.05) is 11.5 Å². The molecule has 3 nitrogen and oxygen atoms in total. The maximum Gasteiger partial charge on any atom is 0.155 e. The predicted molar refractivity (Wildman–Crippen MR) is 83.3 cm³/mol. The Kier molecular flexibility index (Phi) is 7.23. The minimum absolute atomic E-state index is 0.00692. The summed E-state index contributed by atoms with van der Waals surface area (Å²) in [6.45, 7) is 11.4. The first-order valence-corrected chi connectivity index (χ1v) is 7.54. The van der Waals surface area contributed by atoms with Crippen molar-refractivity contribution in [2.45, 2.75) is 66.0 Å². The molecule has 0 aromatic heterocycles. The fourth-order valence-electron chi connectivity index (χ4n) is 2.15. The van der Waals surface area contributed by atoms with Gasteiger partial charge in [0.15, 0.2) is 5.78 Å². The lowest BCUT2D eigenvalue weighted by atomic mass is 9.84. The first-order chi connectivity index (χ1) is 8.43. The van der Waals surface area contributed by atoms with Crippen LogP contribution in [-0.2, 0) is 4.79 Å². The topological polar surface area (TPSA) is 29.1 Å². The zero-order valence-electron chi connectivity index (χ0n) is 14.3. The van der Waals surface area contributed by atoms with Gasteiger partial charge in [-0.05, 0) is 19.3 Å². The maximum absolute atomic E-state index is 12.4.